The zero-order valence-corrected chi connectivity index (χ0v) is 10.3. The van der Waals surface area contributed by atoms with Crippen LogP contribution in [0.3, 0.4) is 0 Å². The highest BCUT2D eigenvalue weighted by Gasteiger charge is 2.37. The van der Waals surface area contributed by atoms with Crippen LogP contribution in [0.15, 0.2) is 10.4 Å². The Bertz CT molecular complexity index is 453. The molecule has 1 aliphatic heterocycles. The molecule has 0 aliphatic carbocycles. The normalized spacial score (nSPS) is 19.1. The fraction of sp³-hybridized carbons (Fsp3) is 0.571. The van der Waals surface area contributed by atoms with Crippen LogP contribution in [-0.4, -0.2) is 44.0 Å². The van der Waals surface area contributed by atoms with E-state index in [0.29, 0.717) is 13.1 Å². The van der Waals surface area contributed by atoms with Crippen molar-refractivity contribution in [2.45, 2.75) is 10.3 Å². The van der Waals surface area contributed by atoms with Crippen molar-refractivity contribution in [3.63, 3.8) is 0 Å². The van der Waals surface area contributed by atoms with Crippen LogP contribution in [0, 0.1) is 0 Å². The van der Waals surface area contributed by atoms with E-state index in [2.05, 4.69) is 4.98 Å². The molecule has 1 aromatic heterocycles. The topological polar surface area (TPSA) is 59.5 Å². The van der Waals surface area contributed by atoms with Crippen LogP contribution < -0.4 is 0 Å². The smallest absolute Gasteiger partial charge is 0.254 e. The van der Waals surface area contributed by atoms with Crippen LogP contribution in [0.25, 0.3) is 0 Å². The largest absolute Gasteiger partial charge is 0.379 e. The Kier molecular flexibility index (Phi) is 3.00. The van der Waals surface area contributed by atoms with Gasteiger partial charge in [0, 0.05) is 20.2 Å². The Morgan fingerprint density at radius 3 is 2.80 bits per heavy atom. The summed E-state index contributed by atoms with van der Waals surface area (Å²) in [5, 5.41) is 0. The van der Waals surface area contributed by atoms with Crippen LogP contribution in [0.4, 0.5) is 0 Å². The van der Waals surface area contributed by atoms with E-state index in [4.69, 9.17) is 16.3 Å². The maximum absolute atomic E-state index is 11.9. The van der Waals surface area contributed by atoms with Crippen molar-refractivity contribution in [1.82, 2.24) is 9.29 Å². The number of rotatable bonds is 3. The van der Waals surface area contributed by atoms with Crippen LogP contribution in [-0.2, 0) is 14.8 Å². The average molecular weight is 269 g/mol. The van der Waals surface area contributed by atoms with E-state index in [1.807, 2.05) is 0 Å². The van der Waals surface area contributed by atoms with Crippen LogP contribution in [0.1, 0.15) is 0 Å². The van der Waals surface area contributed by atoms with E-state index < -0.39 is 10.0 Å². The number of ether oxygens (including phenoxy) is 1. The molecule has 0 radical (unpaired) electrons. The molecule has 15 heavy (non-hydrogen) atoms. The number of aromatic nitrogens is 1. The number of halogens is 1. The first-order chi connectivity index (χ1) is 7.04. The maximum atomic E-state index is 11.9. The lowest BCUT2D eigenvalue weighted by Gasteiger charge is -2.36. The monoisotopic (exact) mass is 268 g/mol. The number of methoxy groups -OCH3 is 1. The van der Waals surface area contributed by atoms with Crippen molar-refractivity contribution in [3.05, 3.63) is 10.7 Å². The molecule has 0 spiro atoms. The lowest BCUT2D eigenvalue weighted by atomic mass is 10.2. The first-order valence-corrected chi connectivity index (χ1v) is 6.82. The SMILES string of the molecule is COC1CN(S(=O)(=O)c2cnc(Cl)s2)C1. The number of hydrogen-bond donors (Lipinski definition) is 0. The van der Waals surface area contributed by atoms with E-state index in [0.717, 1.165) is 11.3 Å². The molecule has 1 saturated heterocycles. The third-order valence-corrected chi connectivity index (χ3v) is 5.58. The van der Waals surface area contributed by atoms with Gasteiger partial charge in [-0.3, -0.25) is 0 Å². The molecule has 0 bridgehead atoms. The summed E-state index contributed by atoms with van der Waals surface area (Å²) >= 11 is 6.55. The molecule has 0 saturated carbocycles. The predicted molar refractivity (Wildman–Crippen MR) is 56.7 cm³/mol. The summed E-state index contributed by atoms with van der Waals surface area (Å²) in [4.78, 5) is 3.71. The van der Waals surface area contributed by atoms with Gasteiger partial charge in [0.05, 0.1) is 12.3 Å². The third kappa shape index (κ3) is 2.02. The molecule has 84 valence electrons. The summed E-state index contributed by atoms with van der Waals surface area (Å²) in [5.74, 6) is 0. The van der Waals surface area contributed by atoms with Gasteiger partial charge in [-0.1, -0.05) is 22.9 Å². The summed E-state index contributed by atoms with van der Waals surface area (Å²) in [6, 6.07) is 0. The van der Waals surface area contributed by atoms with E-state index >= 15 is 0 Å². The second-order valence-corrected chi connectivity index (χ2v) is 6.89. The zero-order chi connectivity index (χ0) is 11.1. The van der Waals surface area contributed by atoms with Gasteiger partial charge in [0.2, 0.25) is 0 Å². The summed E-state index contributed by atoms with van der Waals surface area (Å²) in [7, 11) is -1.83. The number of sulfonamides is 1. The molecule has 1 aromatic rings. The first-order valence-electron chi connectivity index (χ1n) is 4.18. The highest BCUT2D eigenvalue weighted by molar-refractivity contribution is 7.91. The summed E-state index contributed by atoms with van der Waals surface area (Å²) in [5.41, 5.74) is 0. The Balaban J connectivity index is 2.15. The molecule has 0 N–H and O–H groups in total. The van der Waals surface area contributed by atoms with E-state index in [-0.39, 0.29) is 14.8 Å². The van der Waals surface area contributed by atoms with Crippen molar-refractivity contribution in [2.75, 3.05) is 20.2 Å². The lowest BCUT2D eigenvalue weighted by molar-refractivity contribution is 0.0126. The molecule has 0 unspecified atom stereocenters. The summed E-state index contributed by atoms with van der Waals surface area (Å²) in [6.07, 6.45) is 1.28. The van der Waals surface area contributed by atoms with Gasteiger partial charge in [-0.15, -0.1) is 0 Å². The van der Waals surface area contributed by atoms with Gasteiger partial charge in [-0.2, -0.15) is 4.31 Å². The number of hydrogen-bond acceptors (Lipinski definition) is 5. The molecule has 0 amide bonds. The third-order valence-electron chi connectivity index (χ3n) is 2.20. The van der Waals surface area contributed by atoms with Crippen molar-refractivity contribution in [1.29, 1.82) is 0 Å². The summed E-state index contributed by atoms with van der Waals surface area (Å²) < 4.78 is 30.5. The van der Waals surface area contributed by atoms with Gasteiger partial charge in [0.25, 0.3) is 10.0 Å². The molecule has 2 heterocycles. The molecule has 5 nitrogen and oxygen atoms in total. The number of nitrogens with zero attached hydrogens (tertiary/aromatic N) is 2. The van der Waals surface area contributed by atoms with Crippen LogP contribution in [0.5, 0.6) is 0 Å². The Morgan fingerprint density at radius 2 is 2.33 bits per heavy atom. The predicted octanol–water partition coefficient (Wildman–Crippen LogP) is 0.816. The quantitative estimate of drug-likeness (QED) is 0.814. The molecule has 0 atom stereocenters. The Hall–Kier alpha value is -0.210. The minimum atomic E-state index is -3.40. The van der Waals surface area contributed by atoms with Gasteiger partial charge >= 0.3 is 0 Å². The van der Waals surface area contributed by atoms with E-state index in [1.54, 1.807) is 7.11 Å². The summed E-state index contributed by atoms with van der Waals surface area (Å²) in [6.45, 7) is 0.794. The second-order valence-electron chi connectivity index (χ2n) is 3.11. The molecule has 1 fully saturated rings. The van der Waals surface area contributed by atoms with Crippen molar-refractivity contribution in [2.24, 2.45) is 0 Å². The molecule has 8 heteroatoms. The van der Waals surface area contributed by atoms with Crippen LogP contribution in [0.2, 0.25) is 4.47 Å². The van der Waals surface area contributed by atoms with Crippen LogP contribution >= 0.6 is 22.9 Å². The Morgan fingerprint density at radius 1 is 1.67 bits per heavy atom. The Labute approximate surface area is 96.7 Å². The lowest BCUT2D eigenvalue weighted by Crippen LogP contribution is -2.53. The van der Waals surface area contributed by atoms with Crippen molar-refractivity contribution < 1.29 is 13.2 Å². The highest BCUT2D eigenvalue weighted by atomic mass is 35.5. The van der Waals surface area contributed by atoms with Gasteiger partial charge in [0.15, 0.2) is 8.68 Å². The van der Waals surface area contributed by atoms with E-state index in [1.165, 1.54) is 10.5 Å². The molecular weight excluding hydrogens is 260 g/mol. The molecule has 2 rings (SSSR count). The van der Waals surface area contributed by atoms with E-state index in [9.17, 15) is 8.42 Å². The van der Waals surface area contributed by atoms with Crippen molar-refractivity contribution >= 4 is 33.0 Å². The number of thiazole rings is 1. The first kappa shape index (κ1) is 11.3. The standard InChI is InChI=1S/C7H9ClN2O3S2/c1-13-5-3-10(4-5)15(11,12)6-2-9-7(8)14-6/h2,5H,3-4H2,1H3. The average Bonchev–Trinajstić information content (AvgIpc) is 2.50. The van der Waals surface area contributed by atoms with Gasteiger partial charge in [-0.25, -0.2) is 13.4 Å². The van der Waals surface area contributed by atoms with Gasteiger partial charge < -0.3 is 4.74 Å². The minimum absolute atomic E-state index is 0.00293. The molecule has 0 aromatic carbocycles. The van der Waals surface area contributed by atoms with Gasteiger partial charge in [-0.05, 0) is 0 Å². The second kappa shape index (κ2) is 3.99. The van der Waals surface area contributed by atoms with Crippen molar-refractivity contribution in [3.8, 4) is 0 Å². The highest BCUT2D eigenvalue weighted by Crippen LogP contribution is 2.28. The fourth-order valence-corrected chi connectivity index (χ4v) is 4.18. The molecular formula is C7H9ClN2O3S2. The minimum Gasteiger partial charge on any atom is -0.379 e. The molecule has 1 aliphatic rings. The zero-order valence-electron chi connectivity index (χ0n) is 7.88. The fourth-order valence-electron chi connectivity index (χ4n) is 1.23. The van der Waals surface area contributed by atoms with Gasteiger partial charge in [0.1, 0.15) is 0 Å². The maximum Gasteiger partial charge on any atom is 0.254 e.